The molecule has 0 aliphatic rings. The van der Waals surface area contributed by atoms with Crippen molar-refractivity contribution in [1.82, 2.24) is 10.4 Å². The summed E-state index contributed by atoms with van der Waals surface area (Å²) in [5.41, 5.74) is 3.77. The van der Waals surface area contributed by atoms with E-state index >= 15 is 0 Å². The number of nitrogens with zero attached hydrogens (tertiary/aromatic N) is 1. The van der Waals surface area contributed by atoms with E-state index in [0.717, 1.165) is 5.56 Å². The summed E-state index contributed by atoms with van der Waals surface area (Å²) < 4.78 is 0. The minimum absolute atomic E-state index is 0.0705. The second kappa shape index (κ2) is 5.31. The fraction of sp³-hybridized carbons (Fsp3) is 0.300. The minimum Gasteiger partial charge on any atom is -0.271 e. The van der Waals surface area contributed by atoms with E-state index in [4.69, 9.17) is 5.84 Å². The molecule has 1 rings (SSSR count). The predicted molar refractivity (Wildman–Crippen MR) is 52.4 cm³/mol. The van der Waals surface area contributed by atoms with Gasteiger partial charge in [-0.2, -0.15) is 0 Å². The van der Waals surface area contributed by atoms with Crippen LogP contribution in [0.1, 0.15) is 24.9 Å². The molecule has 0 bridgehead atoms. The predicted octanol–water partition coefficient (Wildman–Crippen LogP) is 0.999. The number of hydrogen-bond donors (Lipinski definition) is 2. The van der Waals surface area contributed by atoms with Gasteiger partial charge in [-0.1, -0.05) is 6.07 Å². The lowest BCUT2D eigenvalue weighted by molar-refractivity contribution is 0.566. The fourth-order valence-electron chi connectivity index (χ4n) is 1.06. The van der Waals surface area contributed by atoms with Crippen molar-refractivity contribution in [3.05, 3.63) is 30.1 Å². The second-order valence-electron chi connectivity index (χ2n) is 2.64. The van der Waals surface area contributed by atoms with Crippen LogP contribution >= 0.6 is 0 Å². The van der Waals surface area contributed by atoms with Gasteiger partial charge in [-0.05, 0) is 18.6 Å². The summed E-state index contributed by atoms with van der Waals surface area (Å²) in [7, 11) is 0. The number of pyridine rings is 1. The highest BCUT2D eigenvalue weighted by Gasteiger charge is 2.06. The van der Waals surface area contributed by atoms with Crippen molar-refractivity contribution in [2.75, 3.05) is 0 Å². The number of hydrogen-bond acceptors (Lipinski definition) is 3. The monoisotopic (exact) mass is 175 g/mol. The molecule has 1 unspecified atom stereocenters. The van der Waals surface area contributed by atoms with Crippen LogP contribution in [0.15, 0.2) is 24.5 Å². The first-order valence-electron chi connectivity index (χ1n) is 4.14. The Hall–Kier alpha value is -1.37. The molecule has 0 aliphatic carbocycles. The van der Waals surface area contributed by atoms with Crippen molar-refractivity contribution in [1.29, 1.82) is 0 Å². The molecule has 1 aromatic heterocycles. The van der Waals surface area contributed by atoms with Crippen LogP contribution in [0.2, 0.25) is 0 Å². The first kappa shape index (κ1) is 9.72. The van der Waals surface area contributed by atoms with E-state index in [-0.39, 0.29) is 6.04 Å². The Labute approximate surface area is 78.3 Å². The Kier molecular flexibility index (Phi) is 3.97. The van der Waals surface area contributed by atoms with Gasteiger partial charge in [0.05, 0.1) is 6.04 Å². The quantitative estimate of drug-likeness (QED) is 0.409. The molecule has 0 spiro atoms. The van der Waals surface area contributed by atoms with E-state index in [9.17, 15) is 0 Å². The van der Waals surface area contributed by atoms with Gasteiger partial charge >= 0.3 is 0 Å². The zero-order chi connectivity index (χ0) is 9.52. The molecule has 1 aromatic rings. The van der Waals surface area contributed by atoms with Crippen molar-refractivity contribution in [2.24, 2.45) is 5.84 Å². The van der Waals surface area contributed by atoms with Crippen LogP contribution in [0, 0.1) is 11.8 Å². The highest BCUT2D eigenvalue weighted by Crippen LogP contribution is 2.12. The van der Waals surface area contributed by atoms with Crippen LogP contribution in [-0.2, 0) is 0 Å². The third-order valence-electron chi connectivity index (χ3n) is 1.77. The number of nitrogens with two attached hydrogens (primary N) is 1. The number of rotatable bonds is 3. The number of nitrogens with one attached hydrogen (secondary N) is 1. The molecule has 1 heterocycles. The van der Waals surface area contributed by atoms with Crippen LogP contribution < -0.4 is 11.3 Å². The summed E-state index contributed by atoms with van der Waals surface area (Å²) in [5.74, 6) is 11.2. The average Bonchev–Trinajstić information content (AvgIpc) is 2.21. The first-order valence-corrected chi connectivity index (χ1v) is 4.14. The lowest BCUT2D eigenvalue weighted by Gasteiger charge is -2.11. The summed E-state index contributed by atoms with van der Waals surface area (Å²) in [6.07, 6.45) is 4.24. The maximum absolute atomic E-state index is 5.40. The molecule has 3 N–H and O–H groups in total. The Bertz CT molecular complexity index is 297. The molecule has 13 heavy (non-hydrogen) atoms. The van der Waals surface area contributed by atoms with Gasteiger partial charge < -0.3 is 0 Å². The smallest absolute Gasteiger partial charge is 0.0584 e. The minimum atomic E-state index is 0.0705. The van der Waals surface area contributed by atoms with Crippen LogP contribution in [0.4, 0.5) is 0 Å². The standard InChI is InChI=1S/C10H13N3/c1-2-3-6-10(13-11)9-5-4-7-12-8-9/h4-5,7-8,10,13H,6,11H2,1H3. The second-order valence-corrected chi connectivity index (χ2v) is 2.64. The molecule has 0 amide bonds. The van der Waals surface area contributed by atoms with Gasteiger partial charge in [0.1, 0.15) is 0 Å². The fourth-order valence-corrected chi connectivity index (χ4v) is 1.06. The summed E-state index contributed by atoms with van der Waals surface area (Å²) >= 11 is 0. The van der Waals surface area contributed by atoms with E-state index < -0.39 is 0 Å². The Balaban J connectivity index is 2.70. The van der Waals surface area contributed by atoms with E-state index in [1.54, 1.807) is 12.4 Å². The van der Waals surface area contributed by atoms with E-state index in [0.29, 0.717) is 6.42 Å². The Morgan fingerprint density at radius 1 is 1.69 bits per heavy atom. The van der Waals surface area contributed by atoms with Gasteiger partial charge in [-0.15, -0.1) is 11.8 Å². The molecule has 0 aromatic carbocycles. The van der Waals surface area contributed by atoms with Gasteiger partial charge in [0.25, 0.3) is 0 Å². The Morgan fingerprint density at radius 2 is 2.54 bits per heavy atom. The van der Waals surface area contributed by atoms with Gasteiger partial charge in [0.15, 0.2) is 0 Å². The van der Waals surface area contributed by atoms with E-state index in [2.05, 4.69) is 22.3 Å². The van der Waals surface area contributed by atoms with E-state index in [1.165, 1.54) is 0 Å². The SMILES string of the molecule is CC#CCC(NN)c1cccnc1. The summed E-state index contributed by atoms with van der Waals surface area (Å²) in [6.45, 7) is 1.82. The van der Waals surface area contributed by atoms with Crippen LogP contribution in [0.25, 0.3) is 0 Å². The van der Waals surface area contributed by atoms with E-state index in [1.807, 2.05) is 19.1 Å². The largest absolute Gasteiger partial charge is 0.271 e. The van der Waals surface area contributed by atoms with Crippen molar-refractivity contribution >= 4 is 0 Å². The van der Waals surface area contributed by atoms with Crippen molar-refractivity contribution in [3.63, 3.8) is 0 Å². The van der Waals surface area contributed by atoms with Crippen LogP contribution in [0.5, 0.6) is 0 Å². The highest BCUT2D eigenvalue weighted by atomic mass is 15.2. The molecule has 68 valence electrons. The summed E-state index contributed by atoms with van der Waals surface area (Å²) in [6, 6.07) is 3.94. The van der Waals surface area contributed by atoms with Gasteiger partial charge in [-0.25, -0.2) is 0 Å². The van der Waals surface area contributed by atoms with Crippen molar-refractivity contribution in [2.45, 2.75) is 19.4 Å². The number of aromatic nitrogens is 1. The zero-order valence-corrected chi connectivity index (χ0v) is 7.62. The van der Waals surface area contributed by atoms with Crippen LogP contribution in [-0.4, -0.2) is 4.98 Å². The maximum atomic E-state index is 5.40. The molecular formula is C10H13N3. The molecule has 0 saturated carbocycles. The lowest BCUT2D eigenvalue weighted by atomic mass is 10.1. The first-order chi connectivity index (χ1) is 6.38. The van der Waals surface area contributed by atoms with Gasteiger partial charge in [0.2, 0.25) is 0 Å². The molecule has 3 nitrogen and oxygen atoms in total. The van der Waals surface area contributed by atoms with Crippen LogP contribution in [0.3, 0.4) is 0 Å². The zero-order valence-electron chi connectivity index (χ0n) is 7.62. The van der Waals surface area contributed by atoms with Gasteiger partial charge in [0, 0.05) is 18.8 Å². The Morgan fingerprint density at radius 3 is 3.08 bits per heavy atom. The third-order valence-corrected chi connectivity index (χ3v) is 1.77. The van der Waals surface area contributed by atoms with Crippen molar-refractivity contribution < 1.29 is 0 Å². The average molecular weight is 175 g/mol. The molecule has 0 radical (unpaired) electrons. The number of hydrazine groups is 1. The maximum Gasteiger partial charge on any atom is 0.0584 e. The molecule has 3 heteroatoms. The summed E-state index contributed by atoms with van der Waals surface area (Å²) in [5, 5.41) is 0. The molecular weight excluding hydrogens is 162 g/mol. The summed E-state index contributed by atoms with van der Waals surface area (Å²) in [4.78, 5) is 4.02. The normalized spacial score (nSPS) is 11.5. The molecule has 0 aliphatic heterocycles. The van der Waals surface area contributed by atoms with Crippen molar-refractivity contribution in [3.8, 4) is 11.8 Å². The molecule has 0 saturated heterocycles. The topological polar surface area (TPSA) is 50.9 Å². The lowest BCUT2D eigenvalue weighted by Crippen LogP contribution is -2.27. The molecule has 1 atom stereocenters. The highest BCUT2D eigenvalue weighted by molar-refractivity contribution is 5.16. The molecule has 0 fully saturated rings. The third kappa shape index (κ3) is 2.86. The van der Waals surface area contributed by atoms with Gasteiger partial charge in [-0.3, -0.25) is 16.3 Å².